The number of hydrogen-bond donors (Lipinski definition) is 2. The van der Waals surface area contributed by atoms with E-state index in [4.69, 9.17) is 27.9 Å². The van der Waals surface area contributed by atoms with Crippen LogP contribution in [0.5, 0.6) is 5.75 Å². The van der Waals surface area contributed by atoms with Crippen molar-refractivity contribution >= 4 is 66.8 Å². The van der Waals surface area contributed by atoms with Gasteiger partial charge < -0.3 is 14.7 Å². The molecule has 0 saturated carbocycles. The van der Waals surface area contributed by atoms with Crippen LogP contribution in [0.4, 0.5) is 0 Å². The maximum absolute atomic E-state index is 6.55. The zero-order chi connectivity index (χ0) is 22.8. The van der Waals surface area contributed by atoms with Gasteiger partial charge in [-0.15, -0.1) is 0 Å². The quantitative estimate of drug-likeness (QED) is 0.266. The summed E-state index contributed by atoms with van der Waals surface area (Å²) in [6.45, 7) is 5.36. The molecule has 5 nitrogen and oxygen atoms in total. The Morgan fingerprint density at radius 3 is 2.00 bits per heavy atom. The van der Waals surface area contributed by atoms with Crippen LogP contribution in [0.25, 0.3) is 43.6 Å². The SMILES string of the molecule is Clc1ccc2[nH]c3c(OCCCN4CN5CCC4CC5)c4[nH]c5ccc(Cl)cc5c4cc3c2c1. The minimum atomic E-state index is 0.670. The third kappa shape index (κ3) is 3.37. The Kier molecular flexibility index (Phi) is 4.95. The molecule has 0 unspecified atom stereocenters. The lowest BCUT2D eigenvalue weighted by Crippen LogP contribution is -2.56. The molecule has 7 heteroatoms. The average molecular weight is 493 g/mol. The molecule has 0 amide bonds. The largest absolute Gasteiger partial charge is 0.489 e. The van der Waals surface area contributed by atoms with E-state index in [1.54, 1.807) is 0 Å². The van der Waals surface area contributed by atoms with Crippen molar-refractivity contribution in [3.8, 4) is 5.75 Å². The smallest absolute Gasteiger partial charge is 0.167 e. The van der Waals surface area contributed by atoms with Crippen LogP contribution in [0.2, 0.25) is 10.0 Å². The first-order valence-electron chi connectivity index (χ1n) is 12.1. The zero-order valence-corrected chi connectivity index (χ0v) is 20.3. The normalized spacial score (nSPS) is 20.9. The van der Waals surface area contributed by atoms with Crippen LogP contribution >= 0.6 is 23.2 Å². The van der Waals surface area contributed by atoms with E-state index in [0.29, 0.717) is 6.61 Å². The molecular weight excluding hydrogens is 467 g/mol. The maximum Gasteiger partial charge on any atom is 0.167 e. The van der Waals surface area contributed by atoms with Crippen LogP contribution in [-0.2, 0) is 0 Å². The highest BCUT2D eigenvalue weighted by molar-refractivity contribution is 6.33. The van der Waals surface area contributed by atoms with Crippen molar-refractivity contribution in [2.45, 2.75) is 25.3 Å². The van der Waals surface area contributed by atoms with Crippen molar-refractivity contribution in [1.29, 1.82) is 0 Å². The second-order valence-electron chi connectivity index (χ2n) is 9.69. The van der Waals surface area contributed by atoms with Crippen molar-refractivity contribution in [2.75, 3.05) is 32.9 Å². The van der Waals surface area contributed by atoms with Crippen molar-refractivity contribution in [2.24, 2.45) is 0 Å². The Morgan fingerprint density at radius 1 is 0.824 bits per heavy atom. The number of halogens is 2. The lowest BCUT2D eigenvalue weighted by atomic mass is 10.00. The van der Waals surface area contributed by atoms with Crippen LogP contribution in [0, 0.1) is 0 Å². The van der Waals surface area contributed by atoms with Gasteiger partial charge in [-0.25, -0.2) is 0 Å². The van der Waals surface area contributed by atoms with Crippen LogP contribution < -0.4 is 4.74 Å². The topological polar surface area (TPSA) is 47.3 Å². The van der Waals surface area contributed by atoms with Crippen LogP contribution in [0.15, 0.2) is 42.5 Å². The molecule has 2 bridgehead atoms. The summed E-state index contributed by atoms with van der Waals surface area (Å²) in [5.41, 5.74) is 4.12. The van der Waals surface area contributed by atoms with Crippen molar-refractivity contribution < 1.29 is 4.74 Å². The summed E-state index contributed by atoms with van der Waals surface area (Å²) >= 11 is 12.7. The van der Waals surface area contributed by atoms with Gasteiger partial charge in [0.2, 0.25) is 0 Å². The lowest BCUT2D eigenvalue weighted by Gasteiger charge is -2.47. The Balaban J connectivity index is 1.28. The number of ether oxygens (including phenoxy) is 1. The highest BCUT2D eigenvalue weighted by atomic mass is 35.5. The van der Waals surface area contributed by atoms with Gasteiger partial charge in [-0.1, -0.05) is 23.2 Å². The summed E-state index contributed by atoms with van der Waals surface area (Å²) in [6.07, 6.45) is 3.60. The molecule has 0 spiro atoms. The number of piperidine rings is 1. The Morgan fingerprint density at radius 2 is 1.44 bits per heavy atom. The molecule has 8 rings (SSSR count). The van der Waals surface area contributed by atoms with Gasteiger partial charge in [-0.3, -0.25) is 9.80 Å². The van der Waals surface area contributed by atoms with Crippen LogP contribution in [0.3, 0.4) is 0 Å². The molecule has 3 aliphatic heterocycles. The van der Waals surface area contributed by atoms with Gasteiger partial charge in [0.1, 0.15) is 0 Å². The number of nitrogens with one attached hydrogen (secondary N) is 2. The fraction of sp³-hybridized carbons (Fsp3) is 0.333. The van der Waals surface area contributed by atoms with Gasteiger partial charge in [0.25, 0.3) is 0 Å². The Hall–Kier alpha value is -2.44. The molecule has 34 heavy (non-hydrogen) atoms. The minimum Gasteiger partial charge on any atom is -0.489 e. The summed E-state index contributed by atoms with van der Waals surface area (Å²) < 4.78 is 6.55. The number of fused-ring (bicyclic) bond motifs is 9. The van der Waals surface area contributed by atoms with E-state index in [1.165, 1.54) is 25.9 Å². The first-order chi connectivity index (χ1) is 16.6. The fourth-order valence-corrected chi connectivity index (χ4v) is 6.28. The number of hydrogen-bond acceptors (Lipinski definition) is 3. The Labute approximate surface area is 207 Å². The first-order valence-corrected chi connectivity index (χ1v) is 12.8. The zero-order valence-electron chi connectivity index (χ0n) is 18.8. The molecule has 3 aromatic carbocycles. The maximum atomic E-state index is 6.55. The number of H-pyrrole nitrogens is 2. The summed E-state index contributed by atoms with van der Waals surface area (Å²) in [5.74, 6) is 0.871. The molecular formula is C27H26Cl2N4O. The Bertz CT molecular complexity index is 1450. The monoisotopic (exact) mass is 492 g/mol. The molecule has 5 aromatic rings. The molecule has 3 aliphatic rings. The van der Waals surface area contributed by atoms with Gasteiger partial charge in [-0.2, -0.15) is 0 Å². The molecule has 5 heterocycles. The van der Waals surface area contributed by atoms with E-state index < -0.39 is 0 Å². The van der Waals surface area contributed by atoms with Gasteiger partial charge in [0.15, 0.2) is 5.75 Å². The number of rotatable bonds is 5. The number of benzene rings is 3. The van der Waals surface area contributed by atoms with Gasteiger partial charge >= 0.3 is 0 Å². The second kappa shape index (κ2) is 8.06. The van der Waals surface area contributed by atoms with E-state index in [-0.39, 0.29) is 0 Å². The molecule has 0 radical (unpaired) electrons. The summed E-state index contributed by atoms with van der Waals surface area (Å²) in [5, 5.41) is 5.88. The number of nitrogens with zero attached hydrogens (tertiary/aromatic N) is 2. The third-order valence-electron chi connectivity index (χ3n) is 7.64. The van der Waals surface area contributed by atoms with Crippen LogP contribution in [-0.4, -0.2) is 58.7 Å². The molecule has 0 aliphatic carbocycles. The van der Waals surface area contributed by atoms with Gasteiger partial charge in [0, 0.05) is 68.3 Å². The predicted molar refractivity (Wildman–Crippen MR) is 141 cm³/mol. The highest BCUT2D eigenvalue weighted by Gasteiger charge is 2.31. The number of aromatic nitrogens is 2. The average Bonchev–Trinajstić information content (AvgIpc) is 3.40. The molecule has 2 N–H and O–H groups in total. The van der Waals surface area contributed by atoms with Gasteiger partial charge in [0.05, 0.1) is 24.3 Å². The van der Waals surface area contributed by atoms with E-state index in [1.807, 2.05) is 36.4 Å². The molecule has 3 saturated heterocycles. The summed E-state index contributed by atoms with van der Waals surface area (Å²) in [7, 11) is 0. The predicted octanol–water partition coefficient (Wildman–Crippen LogP) is 6.77. The fourth-order valence-electron chi connectivity index (χ4n) is 5.94. The molecule has 174 valence electrons. The minimum absolute atomic E-state index is 0.670. The van der Waals surface area contributed by atoms with Crippen molar-refractivity contribution in [1.82, 2.24) is 19.8 Å². The molecule has 2 aromatic heterocycles. The van der Waals surface area contributed by atoms with Crippen molar-refractivity contribution in [3.05, 3.63) is 52.5 Å². The molecule has 0 atom stereocenters. The van der Waals surface area contributed by atoms with E-state index in [9.17, 15) is 0 Å². The lowest BCUT2D eigenvalue weighted by molar-refractivity contribution is -0.0158. The standard InChI is InChI=1S/C27H26Cl2N4O/c28-16-2-4-23-19(12-16)21-14-22-20-13-17(29)3-5-24(20)31-26(22)27(25(21)30-23)34-11-1-8-33-15-32-9-6-18(33)7-10-32/h2-5,12-14,18,30-31H,1,6-11,15H2. The van der Waals surface area contributed by atoms with E-state index in [0.717, 1.165) is 85.1 Å². The second-order valence-corrected chi connectivity index (χ2v) is 10.6. The van der Waals surface area contributed by atoms with E-state index in [2.05, 4.69) is 25.8 Å². The first kappa shape index (κ1) is 20.9. The van der Waals surface area contributed by atoms with Crippen LogP contribution in [0.1, 0.15) is 19.3 Å². The summed E-state index contributed by atoms with van der Waals surface area (Å²) in [6, 6.07) is 14.9. The van der Waals surface area contributed by atoms with Crippen molar-refractivity contribution in [3.63, 3.8) is 0 Å². The highest BCUT2D eigenvalue weighted by Crippen LogP contribution is 2.42. The third-order valence-corrected chi connectivity index (χ3v) is 8.11. The van der Waals surface area contributed by atoms with E-state index >= 15 is 0 Å². The van der Waals surface area contributed by atoms with Gasteiger partial charge in [-0.05, 0) is 61.7 Å². The number of aromatic amines is 2. The molecule has 3 fully saturated rings. The summed E-state index contributed by atoms with van der Waals surface area (Å²) in [4.78, 5) is 12.4.